The summed E-state index contributed by atoms with van der Waals surface area (Å²) in [6.45, 7) is 3.21. The summed E-state index contributed by atoms with van der Waals surface area (Å²) in [6, 6.07) is 6.06. The summed E-state index contributed by atoms with van der Waals surface area (Å²) in [4.78, 5) is 2.19. The van der Waals surface area contributed by atoms with Crippen molar-refractivity contribution in [2.24, 2.45) is 0 Å². The molecule has 4 heteroatoms. The number of benzene rings is 1. The van der Waals surface area contributed by atoms with Crippen LogP contribution in [0.5, 0.6) is 11.5 Å². The van der Waals surface area contributed by atoms with Gasteiger partial charge in [0.05, 0.1) is 0 Å². The first-order valence-electron chi connectivity index (χ1n) is 5.56. The van der Waals surface area contributed by atoms with Crippen LogP contribution < -0.4 is 19.7 Å². The average Bonchev–Trinajstić information content (AvgIpc) is 2.35. The second kappa shape index (κ2) is 5.07. The molecule has 1 heterocycles. The van der Waals surface area contributed by atoms with Crippen LogP contribution in [0.3, 0.4) is 0 Å². The van der Waals surface area contributed by atoms with E-state index in [1.54, 1.807) is 0 Å². The minimum atomic E-state index is 0.636. The third kappa shape index (κ3) is 2.39. The molecule has 1 aromatic carbocycles. The molecule has 0 atom stereocenters. The molecule has 1 aromatic rings. The first-order valence-corrected chi connectivity index (χ1v) is 5.56. The third-order valence-corrected chi connectivity index (χ3v) is 2.66. The lowest BCUT2D eigenvalue weighted by atomic mass is 10.2. The molecule has 0 aliphatic carbocycles. The van der Waals surface area contributed by atoms with Crippen LogP contribution in [0.1, 0.15) is 0 Å². The average molecular weight is 222 g/mol. The highest BCUT2D eigenvalue weighted by Gasteiger charge is 2.12. The Labute approximate surface area is 96.2 Å². The summed E-state index contributed by atoms with van der Waals surface area (Å²) in [7, 11) is 4.03. The molecule has 0 radical (unpaired) electrons. The summed E-state index contributed by atoms with van der Waals surface area (Å²) in [5.41, 5.74) is 1.15. The predicted octanol–water partition coefficient (Wildman–Crippen LogP) is 1.11. The fraction of sp³-hybridized carbons (Fsp3) is 0.500. The van der Waals surface area contributed by atoms with Crippen LogP contribution in [-0.2, 0) is 0 Å². The molecule has 0 amide bonds. The van der Waals surface area contributed by atoms with Gasteiger partial charge in [-0.15, -0.1) is 0 Å². The normalized spacial score (nSPS) is 13.6. The molecule has 0 fully saturated rings. The maximum Gasteiger partial charge on any atom is 0.163 e. The molecular weight excluding hydrogens is 204 g/mol. The van der Waals surface area contributed by atoms with Crippen LogP contribution in [0.15, 0.2) is 18.2 Å². The minimum absolute atomic E-state index is 0.636. The van der Waals surface area contributed by atoms with Crippen LogP contribution >= 0.6 is 0 Å². The van der Waals surface area contributed by atoms with Crippen LogP contribution in [0.2, 0.25) is 0 Å². The zero-order valence-corrected chi connectivity index (χ0v) is 9.82. The maximum absolute atomic E-state index is 5.55. The van der Waals surface area contributed by atoms with Gasteiger partial charge in [-0.1, -0.05) is 0 Å². The Kier molecular flexibility index (Phi) is 3.51. The summed E-state index contributed by atoms with van der Waals surface area (Å²) in [5.74, 6) is 1.69. The van der Waals surface area contributed by atoms with Crippen LogP contribution in [-0.4, -0.2) is 40.4 Å². The lowest BCUT2D eigenvalue weighted by Gasteiger charge is -2.23. The molecule has 0 saturated heterocycles. The van der Waals surface area contributed by atoms with E-state index in [2.05, 4.69) is 23.3 Å². The fourth-order valence-corrected chi connectivity index (χ4v) is 1.68. The van der Waals surface area contributed by atoms with E-state index in [9.17, 15) is 0 Å². The van der Waals surface area contributed by atoms with Gasteiger partial charge in [-0.05, 0) is 19.2 Å². The molecular formula is C12H18N2O2. The van der Waals surface area contributed by atoms with Crippen molar-refractivity contribution in [3.8, 4) is 11.5 Å². The lowest BCUT2D eigenvalue weighted by molar-refractivity contribution is 0.171. The maximum atomic E-state index is 5.55. The molecule has 4 nitrogen and oxygen atoms in total. The molecule has 0 aromatic heterocycles. The highest BCUT2D eigenvalue weighted by atomic mass is 16.6. The van der Waals surface area contributed by atoms with Crippen LogP contribution in [0.4, 0.5) is 5.69 Å². The minimum Gasteiger partial charge on any atom is -0.486 e. The number of rotatable bonds is 4. The topological polar surface area (TPSA) is 33.7 Å². The zero-order chi connectivity index (χ0) is 11.4. The molecule has 1 aliphatic rings. The standard InChI is InChI=1S/C12H18N2O2/c1-13-5-6-14(2)10-3-4-11-12(9-10)16-8-7-15-11/h3-4,9,13H,5-8H2,1-2H3. The van der Waals surface area contributed by atoms with Gasteiger partial charge in [0.2, 0.25) is 0 Å². The van der Waals surface area contributed by atoms with Crippen molar-refractivity contribution in [3.63, 3.8) is 0 Å². The van der Waals surface area contributed by atoms with Crippen LogP contribution in [0, 0.1) is 0 Å². The quantitative estimate of drug-likeness (QED) is 0.827. The predicted molar refractivity (Wildman–Crippen MR) is 64.6 cm³/mol. The second-order valence-corrected chi connectivity index (χ2v) is 3.85. The number of hydrogen-bond acceptors (Lipinski definition) is 4. The van der Waals surface area contributed by atoms with Crippen molar-refractivity contribution in [3.05, 3.63) is 18.2 Å². The molecule has 0 saturated carbocycles. The molecule has 2 rings (SSSR count). The SMILES string of the molecule is CNCCN(C)c1ccc2c(c1)OCCO2. The van der Waals surface area contributed by atoms with Gasteiger partial charge in [-0.25, -0.2) is 0 Å². The van der Waals surface area contributed by atoms with E-state index in [0.29, 0.717) is 13.2 Å². The summed E-state index contributed by atoms with van der Waals surface area (Å²) in [5, 5.41) is 3.13. The second-order valence-electron chi connectivity index (χ2n) is 3.85. The number of nitrogens with one attached hydrogen (secondary N) is 1. The zero-order valence-electron chi connectivity index (χ0n) is 9.82. The largest absolute Gasteiger partial charge is 0.486 e. The Morgan fingerprint density at radius 2 is 2.00 bits per heavy atom. The van der Waals surface area contributed by atoms with E-state index < -0.39 is 0 Å². The highest BCUT2D eigenvalue weighted by Crippen LogP contribution is 2.33. The van der Waals surface area contributed by atoms with E-state index in [4.69, 9.17) is 9.47 Å². The van der Waals surface area contributed by atoms with Crippen LogP contribution in [0.25, 0.3) is 0 Å². The van der Waals surface area contributed by atoms with Crippen molar-refractivity contribution in [1.29, 1.82) is 0 Å². The van der Waals surface area contributed by atoms with E-state index in [-0.39, 0.29) is 0 Å². The summed E-state index contributed by atoms with van der Waals surface area (Å²) >= 11 is 0. The van der Waals surface area contributed by atoms with Gasteiger partial charge in [0.25, 0.3) is 0 Å². The van der Waals surface area contributed by atoms with Crippen molar-refractivity contribution < 1.29 is 9.47 Å². The van der Waals surface area contributed by atoms with Crippen molar-refractivity contribution in [2.75, 3.05) is 45.3 Å². The van der Waals surface area contributed by atoms with Gasteiger partial charge in [0.15, 0.2) is 11.5 Å². The van der Waals surface area contributed by atoms with Gasteiger partial charge in [-0.3, -0.25) is 0 Å². The number of nitrogens with zero attached hydrogens (tertiary/aromatic N) is 1. The number of anilines is 1. The van der Waals surface area contributed by atoms with Gasteiger partial charge in [0.1, 0.15) is 13.2 Å². The van der Waals surface area contributed by atoms with Crippen molar-refractivity contribution in [2.45, 2.75) is 0 Å². The van der Waals surface area contributed by atoms with Crippen molar-refractivity contribution >= 4 is 5.69 Å². The van der Waals surface area contributed by atoms with E-state index in [0.717, 1.165) is 30.3 Å². The Balaban J connectivity index is 2.10. The monoisotopic (exact) mass is 222 g/mol. The van der Waals surface area contributed by atoms with Gasteiger partial charge < -0.3 is 19.7 Å². The lowest BCUT2D eigenvalue weighted by Crippen LogP contribution is -2.27. The van der Waals surface area contributed by atoms with E-state index >= 15 is 0 Å². The van der Waals surface area contributed by atoms with Gasteiger partial charge in [-0.2, -0.15) is 0 Å². The van der Waals surface area contributed by atoms with Gasteiger partial charge >= 0.3 is 0 Å². The van der Waals surface area contributed by atoms with E-state index in [1.807, 2.05) is 19.2 Å². The first kappa shape index (κ1) is 11.1. The molecule has 0 unspecified atom stereocenters. The fourth-order valence-electron chi connectivity index (χ4n) is 1.68. The molecule has 1 aliphatic heterocycles. The Morgan fingerprint density at radius 1 is 1.25 bits per heavy atom. The Bertz CT molecular complexity index is 355. The number of ether oxygens (including phenoxy) is 2. The highest BCUT2D eigenvalue weighted by molar-refractivity contribution is 5.56. The molecule has 0 spiro atoms. The Hall–Kier alpha value is -1.42. The van der Waals surface area contributed by atoms with Gasteiger partial charge in [0, 0.05) is 31.9 Å². The van der Waals surface area contributed by atoms with E-state index in [1.165, 1.54) is 0 Å². The smallest absolute Gasteiger partial charge is 0.163 e. The number of likely N-dealkylation sites (N-methyl/N-ethyl adjacent to an activating group) is 2. The summed E-state index contributed by atoms with van der Waals surface area (Å²) < 4.78 is 11.0. The van der Waals surface area contributed by atoms with Crippen molar-refractivity contribution in [1.82, 2.24) is 5.32 Å². The summed E-state index contributed by atoms with van der Waals surface area (Å²) in [6.07, 6.45) is 0. The molecule has 0 bridgehead atoms. The molecule has 16 heavy (non-hydrogen) atoms. The Morgan fingerprint density at radius 3 is 2.75 bits per heavy atom. The number of fused-ring (bicyclic) bond motifs is 1. The number of hydrogen-bond donors (Lipinski definition) is 1. The first-order chi connectivity index (χ1) is 7.81. The molecule has 1 N–H and O–H groups in total. The third-order valence-electron chi connectivity index (χ3n) is 2.66. The molecule has 88 valence electrons.